The summed E-state index contributed by atoms with van der Waals surface area (Å²) in [5.41, 5.74) is 7.60. The van der Waals surface area contributed by atoms with Crippen LogP contribution in [-0.4, -0.2) is 65.1 Å². The summed E-state index contributed by atoms with van der Waals surface area (Å²) in [6.07, 6.45) is 9.69. The van der Waals surface area contributed by atoms with Crippen LogP contribution in [0.1, 0.15) is 76.3 Å². The van der Waals surface area contributed by atoms with Gasteiger partial charge in [0.05, 0.1) is 6.04 Å². The van der Waals surface area contributed by atoms with E-state index in [1.807, 2.05) is 12.1 Å². The van der Waals surface area contributed by atoms with Gasteiger partial charge in [0.2, 0.25) is 17.6 Å². The number of fused-ring (bicyclic) bond motifs is 2. The van der Waals surface area contributed by atoms with E-state index in [1.165, 1.54) is 43.2 Å². The highest BCUT2D eigenvalue weighted by Crippen LogP contribution is 2.65. The van der Waals surface area contributed by atoms with E-state index in [1.54, 1.807) is 4.90 Å². The fraction of sp³-hybridized carbons (Fsp3) is 0.703. The Bertz CT molecular complexity index is 1450. The zero-order valence-electron chi connectivity index (χ0n) is 27.6. The van der Waals surface area contributed by atoms with Gasteiger partial charge < -0.3 is 26.6 Å². The molecule has 10 nitrogen and oxygen atoms in total. The molecule has 6 saturated carbocycles. The lowest BCUT2D eigenvalue weighted by Crippen LogP contribution is -2.62. The van der Waals surface area contributed by atoms with E-state index in [-0.39, 0.29) is 47.1 Å². The first-order valence-electron chi connectivity index (χ1n) is 18.1. The Morgan fingerprint density at radius 2 is 1.53 bits per heavy atom. The van der Waals surface area contributed by atoms with Gasteiger partial charge in [-0.25, -0.2) is 4.79 Å². The van der Waals surface area contributed by atoms with E-state index in [0.29, 0.717) is 37.6 Å². The Labute approximate surface area is 276 Å². The monoisotopic (exact) mass is 643 g/mol. The summed E-state index contributed by atoms with van der Waals surface area (Å²) in [4.78, 5) is 68.9. The lowest BCUT2D eigenvalue weighted by molar-refractivity contribution is -0.144. The largest absolute Gasteiger partial charge is 0.363 e. The molecule has 7 aliphatic carbocycles. The van der Waals surface area contributed by atoms with Crippen molar-refractivity contribution in [3.8, 4) is 0 Å². The topological polar surface area (TPSA) is 151 Å². The first kappa shape index (κ1) is 30.9. The minimum Gasteiger partial charge on any atom is -0.363 e. The van der Waals surface area contributed by atoms with Crippen LogP contribution < -0.4 is 21.7 Å². The Morgan fingerprint density at radius 3 is 2.11 bits per heavy atom. The summed E-state index contributed by atoms with van der Waals surface area (Å²) in [5, 5.41) is 9.35. The zero-order valence-corrected chi connectivity index (χ0v) is 27.6. The fourth-order valence-corrected chi connectivity index (χ4v) is 11.0. The van der Waals surface area contributed by atoms with Crippen molar-refractivity contribution in [2.45, 2.75) is 102 Å². The Morgan fingerprint density at radius 1 is 0.915 bits per heavy atom. The molecule has 4 bridgehead atoms. The molecule has 252 valence electrons. The van der Waals surface area contributed by atoms with E-state index < -0.39 is 35.7 Å². The normalized spacial score (nSPS) is 35.4. The number of nitrogens with one attached hydrogen (secondary N) is 3. The van der Waals surface area contributed by atoms with Crippen LogP contribution in [0.4, 0.5) is 4.79 Å². The van der Waals surface area contributed by atoms with Crippen LogP contribution in [0.15, 0.2) is 24.3 Å². The number of amides is 5. The summed E-state index contributed by atoms with van der Waals surface area (Å²) >= 11 is 0. The molecule has 0 spiro atoms. The van der Waals surface area contributed by atoms with Crippen molar-refractivity contribution in [2.75, 3.05) is 6.54 Å². The zero-order chi connectivity index (χ0) is 32.8. The SMILES string of the molecule is CC1(C)[C@@H]2[C@@H](C(=O)NC(CC3CC3)C(=O)C(N)=O)N(C(=O)[C@@H](NC(=O)NC3C4CC5CC(C4)CC3C5)C3Cc4ccccc4C3)C[C@@H]21. The number of benzene rings is 1. The van der Waals surface area contributed by atoms with Gasteiger partial charge in [-0.1, -0.05) is 51.0 Å². The number of ketones is 1. The van der Waals surface area contributed by atoms with Crippen molar-refractivity contribution in [3.05, 3.63) is 35.4 Å². The van der Waals surface area contributed by atoms with Crippen LogP contribution in [0, 0.1) is 52.8 Å². The molecule has 5 atom stereocenters. The van der Waals surface area contributed by atoms with Crippen molar-refractivity contribution in [3.63, 3.8) is 0 Å². The van der Waals surface area contributed by atoms with Gasteiger partial charge in [-0.2, -0.15) is 0 Å². The molecule has 0 radical (unpaired) electrons. The maximum atomic E-state index is 14.7. The van der Waals surface area contributed by atoms with Gasteiger partial charge in [-0.15, -0.1) is 0 Å². The van der Waals surface area contributed by atoms with Gasteiger partial charge in [-0.05, 0) is 115 Å². The van der Waals surface area contributed by atoms with Gasteiger partial charge >= 0.3 is 6.03 Å². The summed E-state index contributed by atoms with van der Waals surface area (Å²) in [6, 6.07) is 5.46. The molecule has 0 aromatic heterocycles. The van der Waals surface area contributed by atoms with E-state index in [2.05, 4.69) is 41.9 Å². The summed E-state index contributed by atoms with van der Waals surface area (Å²) in [6.45, 7) is 4.64. The molecular weight excluding hydrogens is 594 g/mol. The third kappa shape index (κ3) is 5.53. The number of Topliss-reactive ketones (excluding diaryl/α,β-unsaturated/α-hetero) is 1. The molecule has 5 amide bonds. The molecule has 8 aliphatic rings. The predicted octanol–water partition coefficient (Wildman–Crippen LogP) is 2.72. The van der Waals surface area contributed by atoms with Gasteiger partial charge in [0, 0.05) is 12.6 Å². The number of primary amides is 1. The van der Waals surface area contributed by atoms with Crippen LogP contribution in [0.25, 0.3) is 0 Å². The molecule has 1 aromatic rings. The van der Waals surface area contributed by atoms with E-state index in [0.717, 1.165) is 24.7 Å². The number of rotatable bonds is 10. The summed E-state index contributed by atoms with van der Waals surface area (Å²) < 4.78 is 0. The average molecular weight is 644 g/mol. The Balaban J connectivity index is 1.03. The van der Waals surface area contributed by atoms with E-state index in [4.69, 9.17) is 5.73 Å². The maximum absolute atomic E-state index is 14.7. The van der Waals surface area contributed by atoms with Gasteiger partial charge in [0.1, 0.15) is 12.1 Å². The lowest BCUT2D eigenvalue weighted by atomic mass is 9.54. The van der Waals surface area contributed by atoms with Crippen LogP contribution >= 0.6 is 0 Å². The fourth-order valence-electron chi connectivity index (χ4n) is 11.0. The molecule has 1 aliphatic heterocycles. The lowest BCUT2D eigenvalue weighted by Gasteiger charge is -2.54. The van der Waals surface area contributed by atoms with Crippen molar-refractivity contribution >= 4 is 29.5 Å². The van der Waals surface area contributed by atoms with Crippen molar-refractivity contribution in [1.29, 1.82) is 0 Å². The van der Waals surface area contributed by atoms with E-state index >= 15 is 0 Å². The average Bonchev–Trinajstić information content (AvgIpc) is 3.78. The predicted molar refractivity (Wildman–Crippen MR) is 173 cm³/mol. The molecule has 9 rings (SSSR count). The van der Waals surface area contributed by atoms with Gasteiger partial charge in [-0.3, -0.25) is 19.2 Å². The first-order valence-corrected chi connectivity index (χ1v) is 18.1. The third-order valence-electron chi connectivity index (χ3n) is 13.5. The smallest absolute Gasteiger partial charge is 0.315 e. The highest BCUT2D eigenvalue weighted by Gasteiger charge is 2.70. The molecule has 10 heteroatoms. The number of carbonyl (C=O) groups excluding carboxylic acids is 5. The van der Waals surface area contributed by atoms with Crippen molar-refractivity contribution in [2.24, 2.45) is 58.5 Å². The quantitative estimate of drug-likeness (QED) is 0.289. The van der Waals surface area contributed by atoms with Crippen molar-refractivity contribution in [1.82, 2.24) is 20.9 Å². The molecular formula is C37H49N5O5. The maximum Gasteiger partial charge on any atom is 0.315 e. The summed E-state index contributed by atoms with van der Waals surface area (Å²) in [5.74, 6) is 0.296. The van der Waals surface area contributed by atoms with Crippen LogP contribution in [0.2, 0.25) is 0 Å². The van der Waals surface area contributed by atoms with Crippen LogP contribution in [0.3, 0.4) is 0 Å². The second kappa shape index (κ2) is 11.3. The second-order valence-electron chi connectivity index (χ2n) is 16.8. The molecule has 7 fully saturated rings. The summed E-state index contributed by atoms with van der Waals surface area (Å²) in [7, 11) is 0. The third-order valence-corrected chi connectivity index (χ3v) is 13.5. The van der Waals surface area contributed by atoms with Gasteiger partial charge in [0.15, 0.2) is 0 Å². The number of hydrogen-bond donors (Lipinski definition) is 4. The number of piperidine rings is 1. The number of hydrogen-bond acceptors (Lipinski definition) is 5. The first-order chi connectivity index (χ1) is 22.5. The number of urea groups is 1. The molecule has 1 aromatic carbocycles. The number of nitrogens with two attached hydrogens (primary N) is 1. The Kier molecular flexibility index (Phi) is 7.44. The Hall–Kier alpha value is -3.43. The highest BCUT2D eigenvalue weighted by molar-refractivity contribution is 6.37. The molecule has 1 saturated heterocycles. The van der Waals surface area contributed by atoms with Gasteiger partial charge in [0.25, 0.3) is 5.91 Å². The van der Waals surface area contributed by atoms with E-state index in [9.17, 15) is 24.0 Å². The second-order valence-corrected chi connectivity index (χ2v) is 16.8. The number of likely N-dealkylation sites (tertiary alicyclic amines) is 1. The van der Waals surface area contributed by atoms with Crippen molar-refractivity contribution < 1.29 is 24.0 Å². The minimum absolute atomic E-state index is 0.0694. The molecule has 5 N–H and O–H groups in total. The number of nitrogens with zero attached hydrogens (tertiary/aromatic N) is 1. The highest BCUT2D eigenvalue weighted by atomic mass is 16.2. The minimum atomic E-state index is -1.06. The van der Waals surface area contributed by atoms with Crippen LogP contribution in [-0.2, 0) is 32.0 Å². The molecule has 1 unspecified atom stereocenters. The molecule has 47 heavy (non-hydrogen) atoms. The standard InChI is InChI=1S/C37H49N5O5/c1-37(2)26-17-42(31(28(26)37)34(45)39-27(14-18-7-8-18)32(43)33(38)44)35(46)30(25-15-21-5-3-4-6-22(21)16-25)41-36(47)40-29-23-10-19-9-20(12-23)13-24(29)11-19/h3-6,18-20,23-31H,7-17H2,1-2H3,(H2,38,44)(H,39,45)(H2,40,41,47)/t19?,20?,23?,24?,26-,27?,28-,29?,30-,31-/m0/s1. The van der Waals surface area contributed by atoms with Crippen LogP contribution in [0.5, 0.6) is 0 Å². The number of carbonyl (C=O) groups is 5. The molecule has 1 heterocycles.